The van der Waals surface area contributed by atoms with E-state index in [1.54, 1.807) is 17.5 Å². The molecule has 0 bridgehead atoms. The predicted octanol–water partition coefficient (Wildman–Crippen LogP) is 3.69. The summed E-state index contributed by atoms with van der Waals surface area (Å²) in [5.41, 5.74) is 6.82. The molecule has 0 aliphatic carbocycles. The van der Waals surface area contributed by atoms with Crippen LogP contribution >= 0.6 is 46.9 Å². The second kappa shape index (κ2) is 8.70. The van der Waals surface area contributed by atoms with Crippen molar-refractivity contribution >= 4 is 52.9 Å². The first-order valence-electron chi connectivity index (χ1n) is 6.39. The zero-order valence-corrected chi connectivity index (χ0v) is 15.0. The molecule has 0 spiro atoms. The fourth-order valence-electron chi connectivity index (χ4n) is 1.87. The second-order valence-electron chi connectivity index (χ2n) is 4.64. The number of aromatic nitrogens is 1. The summed E-state index contributed by atoms with van der Waals surface area (Å²) >= 11 is 13.4. The summed E-state index contributed by atoms with van der Waals surface area (Å²) in [7, 11) is 0. The Kier molecular flexibility index (Phi) is 7.59. The molecule has 3 N–H and O–H groups in total. The van der Waals surface area contributed by atoms with Gasteiger partial charge >= 0.3 is 0 Å². The zero-order valence-electron chi connectivity index (χ0n) is 11.8. The molecule has 1 unspecified atom stereocenters. The summed E-state index contributed by atoms with van der Waals surface area (Å²) in [6, 6.07) is 5.27. The van der Waals surface area contributed by atoms with Crippen molar-refractivity contribution in [3.8, 4) is 0 Å². The maximum Gasteiger partial charge on any atom is 0.270 e. The smallest absolute Gasteiger partial charge is 0.270 e. The van der Waals surface area contributed by atoms with Crippen molar-refractivity contribution in [1.82, 2.24) is 10.3 Å². The van der Waals surface area contributed by atoms with Crippen LogP contribution in [0.1, 0.15) is 28.0 Å². The number of nitrogens with zero attached hydrogens (tertiary/aromatic N) is 1. The van der Waals surface area contributed by atoms with E-state index in [2.05, 4.69) is 10.3 Å². The lowest BCUT2D eigenvalue weighted by Crippen LogP contribution is -2.34. The predicted molar refractivity (Wildman–Crippen MR) is 94.3 cm³/mol. The highest BCUT2D eigenvalue weighted by Gasteiger charge is 2.14. The molecule has 1 atom stereocenters. The van der Waals surface area contributed by atoms with Crippen LogP contribution in [0, 0.1) is 0 Å². The Bertz CT molecular complexity index is 648. The van der Waals surface area contributed by atoms with Crippen molar-refractivity contribution in [1.29, 1.82) is 0 Å². The summed E-state index contributed by atoms with van der Waals surface area (Å²) < 4.78 is 0. The Morgan fingerprint density at radius 2 is 2.18 bits per heavy atom. The molecule has 1 amide bonds. The van der Waals surface area contributed by atoms with E-state index in [9.17, 15) is 4.79 Å². The van der Waals surface area contributed by atoms with Gasteiger partial charge in [0.2, 0.25) is 0 Å². The number of halogens is 3. The van der Waals surface area contributed by atoms with E-state index in [4.69, 9.17) is 28.9 Å². The monoisotopic (exact) mass is 379 g/mol. The highest BCUT2D eigenvalue weighted by atomic mass is 35.5. The van der Waals surface area contributed by atoms with E-state index in [1.807, 2.05) is 13.0 Å². The molecule has 120 valence electrons. The van der Waals surface area contributed by atoms with Crippen molar-refractivity contribution in [2.45, 2.75) is 25.9 Å². The van der Waals surface area contributed by atoms with Gasteiger partial charge in [0.15, 0.2) is 0 Å². The summed E-state index contributed by atoms with van der Waals surface area (Å²) in [5, 5.41) is 6.54. The van der Waals surface area contributed by atoms with Gasteiger partial charge in [0, 0.05) is 28.0 Å². The quantitative estimate of drug-likeness (QED) is 0.831. The Balaban J connectivity index is 0.00000242. The highest BCUT2D eigenvalue weighted by molar-refractivity contribution is 7.09. The van der Waals surface area contributed by atoms with E-state index in [0.717, 1.165) is 10.6 Å². The minimum absolute atomic E-state index is 0. The van der Waals surface area contributed by atoms with Gasteiger partial charge in [-0.25, -0.2) is 4.98 Å². The molecule has 1 heterocycles. The summed E-state index contributed by atoms with van der Waals surface area (Å²) in [6.45, 7) is 2.26. The lowest BCUT2D eigenvalue weighted by Gasteiger charge is -2.14. The van der Waals surface area contributed by atoms with Crippen LogP contribution in [0.15, 0.2) is 23.6 Å². The van der Waals surface area contributed by atoms with Gasteiger partial charge in [-0.2, -0.15) is 0 Å². The third kappa shape index (κ3) is 5.11. The molecule has 0 aliphatic heterocycles. The SMILES string of the molecule is CC(Cc1ccc(Cl)cc1Cl)NC(=O)c1csc(CN)n1.Cl. The topological polar surface area (TPSA) is 68.0 Å². The van der Waals surface area contributed by atoms with Crippen LogP contribution in [0.4, 0.5) is 0 Å². The number of thiazole rings is 1. The van der Waals surface area contributed by atoms with Crippen molar-refractivity contribution in [2.24, 2.45) is 5.73 Å². The number of hydrogen-bond acceptors (Lipinski definition) is 4. The number of hydrogen-bond donors (Lipinski definition) is 2. The van der Waals surface area contributed by atoms with Crippen LogP contribution in [0.2, 0.25) is 10.0 Å². The second-order valence-corrected chi connectivity index (χ2v) is 6.43. The van der Waals surface area contributed by atoms with Crippen molar-refractivity contribution < 1.29 is 4.79 Å². The molecule has 0 radical (unpaired) electrons. The van der Waals surface area contributed by atoms with E-state index in [0.29, 0.717) is 28.7 Å². The fraction of sp³-hybridized carbons (Fsp3) is 0.286. The molecule has 2 rings (SSSR count). The summed E-state index contributed by atoms with van der Waals surface area (Å²) in [4.78, 5) is 16.2. The number of nitrogens with one attached hydrogen (secondary N) is 1. The Morgan fingerprint density at radius 3 is 2.77 bits per heavy atom. The van der Waals surface area contributed by atoms with Crippen LogP contribution < -0.4 is 11.1 Å². The normalized spacial score (nSPS) is 11.6. The van der Waals surface area contributed by atoms with Crippen molar-refractivity contribution in [2.75, 3.05) is 0 Å². The van der Waals surface area contributed by atoms with E-state index < -0.39 is 0 Å². The van der Waals surface area contributed by atoms with E-state index >= 15 is 0 Å². The largest absolute Gasteiger partial charge is 0.348 e. The molecule has 22 heavy (non-hydrogen) atoms. The Morgan fingerprint density at radius 1 is 1.45 bits per heavy atom. The molecule has 4 nitrogen and oxygen atoms in total. The Labute approximate surface area is 149 Å². The first-order valence-corrected chi connectivity index (χ1v) is 8.02. The molecule has 1 aromatic heterocycles. The van der Waals surface area contributed by atoms with Gasteiger partial charge in [-0.3, -0.25) is 4.79 Å². The minimum Gasteiger partial charge on any atom is -0.348 e. The van der Waals surface area contributed by atoms with Gasteiger partial charge in [-0.1, -0.05) is 29.3 Å². The third-order valence-electron chi connectivity index (χ3n) is 2.88. The van der Waals surface area contributed by atoms with Crippen molar-refractivity contribution in [3.05, 3.63) is 49.9 Å². The van der Waals surface area contributed by atoms with Gasteiger partial charge in [-0.05, 0) is 31.0 Å². The molecule has 1 aromatic carbocycles. The molecule has 0 saturated heterocycles. The van der Waals surface area contributed by atoms with Gasteiger partial charge in [-0.15, -0.1) is 23.7 Å². The molecule has 8 heteroatoms. The molecule has 0 aliphatic rings. The number of carbonyl (C=O) groups excluding carboxylic acids is 1. The first-order chi connectivity index (χ1) is 9.99. The summed E-state index contributed by atoms with van der Waals surface area (Å²) in [5.74, 6) is -0.205. The van der Waals surface area contributed by atoms with Crippen LogP contribution in [-0.2, 0) is 13.0 Å². The molecular formula is C14H16Cl3N3OS. The maximum atomic E-state index is 12.1. The van der Waals surface area contributed by atoms with Crippen molar-refractivity contribution in [3.63, 3.8) is 0 Å². The first kappa shape index (κ1) is 19.2. The standard InChI is InChI=1S/C14H15Cl2N3OS.ClH/c1-8(4-9-2-3-10(15)5-11(9)16)18-14(20)12-7-21-13(6-17)19-12;/h2-3,5,7-8H,4,6,17H2,1H3,(H,18,20);1H. The lowest BCUT2D eigenvalue weighted by atomic mass is 10.1. The van der Waals surface area contributed by atoms with E-state index in [-0.39, 0.29) is 24.4 Å². The van der Waals surface area contributed by atoms with Crippen LogP contribution in [-0.4, -0.2) is 16.9 Å². The average Bonchev–Trinajstić information content (AvgIpc) is 2.91. The maximum absolute atomic E-state index is 12.1. The number of rotatable bonds is 5. The number of carbonyl (C=O) groups is 1. The number of benzene rings is 1. The lowest BCUT2D eigenvalue weighted by molar-refractivity contribution is 0.0935. The van der Waals surface area contributed by atoms with Crippen LogP contribution in [0.3, 0.4) is 0 Å². The van der Waals surface area contributed by atoms with Crippen LogP contribution in [0.25, 0.3) is 0 Å². The molecule has 0 saturated carbocycles. The number of nitrogens with two attached hydrogens (primary N) is 1. The zero-order chi connectivity index (χ0) is 15.4. The highest BCUT2D eigenvalue weighted by Crippen LogP contribution is 2.22. The summed E-state index contributed by atoms with van der Waals surface area (Å²) in [6.07, 6.45) is 0.621. The molecule has 2 aromatic rings. The van der Waals surface area contributed by atoms with Gasteiger partial charge in [0.1, 0.15) is 10.7 Å². The minimum atomic E-state index is -0.205. The van der Waals surface area contributed by atoms with E-state index in [1.165, 1.54) is 11.3 Å². The average molecular weight is 381 g/mol. The van der Waals surface area contributed by atoms with Gasteiger partial charge < -0.3 is 11.1 Å². The van der Waals surface area contributed by atoms with Crippen LogP contribution in [0.5, 0.6) is 0 Å². The molecule has 0 fully saturated rings. The molecular weight excluding hydrogens is 365 g/mol. The van der Waals surface area contributed by atoms with Gasteiger partial charge in [0.25, 0.3) is 5.91 Å². The Hall–Kier alpha value is -0.850. The number of amides is 1. The third-order valence-corrected chi connectivity index (χ3v) is 4.34. The van der Waals surface area contributed by atoms with Gasteiger partial charge in [0.05, 0.1) is 0 Å². The fourth-order valence-corrected chi connectivity index (χ4v) is 3.02.